The predicted molar refractivity (Wildman–Crippen MR) is 224 cm³/mol. The van der Waals surface area contributed by atoms with Crippen LogP contribution in [0.15, 0.2) is 79.1 Å². The summed E-state index contributed by atoms with van der Waals surface area (Å²) in [4.78, 5) is 0. The number of methoxy groups -OCH3 is 1. The lowest BCUT2D eigenvalue weighted by Gasteiger charge is -2.24. The fourth-order valence-electron chi connectivity index (χ4n) is 8.50. The van der Waals surface area contributed by atoms with Gasteiger partial charge in [0.05, 0.1) is 12.9 Å². The molecule has 0 spiro atoms. The quantitative estimate of drug-likeness (QED) is 0.178. The van der Waals surface area contributed by atoms with Gasteiger partial charge in [-0.15, -0.1) is 0 Å². The Balaban J connectivity index is 0.000000303. The van der Waals surface area contributed by atoms with Gasteiger partial charge in [0.2, 0.25) is 0 Å². The van der Waals surface area contributed by atoms with Crippen LogP contribution < -0.4 is 0 Å². The summed E-state index contributed by atoms with van der Waals surface area (Å²) in [5.41, 5.74) is 19.1. The molecule has 3 aromatic carbocycles. The van der Waals surface area contributed by atoms with Crippen molar-refractivity contribution < 1.29 is 4.74 Å². The van der Waals surface area contributed by atoms with Gasteiger partial charge in [-0.1, -0.05) is 146 Å². The van der Waals surface area contributed by atoms with Crippen molar-refractivity contribution in [2.45, 2.75) is 132 Å². The second-order valence-corrected chi connectivity index (χ2v) is 17.7. The fourth-order valence-corrected chi connectivity index (χ4v) is 8.50. The zero-order chi connectivity index (χ0) is 36.9. The molecule has 0 radical (unpaired) electrons. The minimum Gasteiger partial charge on any atom is -0.501 e. The smallest absolute Gasteiger partial charge is 0.0914 e. The van der Waals surface area contributed by atoms with Crippen molar-refractivity contribution in [1.82, 2.24) is 0 Å². The molecule has 4 aliphatic carbocycles. The van der Waals surface area contributed by atoms with Crippen LogP contribution in [0.1, 0.15) is 150 Å². The van der Waals surface area contributed by atoms with E-state index in [0.717, 1.165) is 24.5 Å². The maximum atomic E-state index is 5.04. The van der Waals surface area contributed by atoms with Crippen LogP contribution in [0.3, 0.4) is 0 Å². The van der Waals surface area contributed by atoms with Crippen molar-refractivity contribution in [2.75, 3.05) is 7.11 Å². The standard InChI is InChI=1S/C37H40.C8H14O.C5H12/c1-23(2)17-33-25(4)18-31-20-30(22-35(31)37(33)28-13-11-24(3)12-14-28)29-15-16-32-26(5)19-34(36(32)21-29)27-9-7-6-8-10-27;1-7(9-2)8-5-3-4-6-8;1-5(2,3)4/h11-16,18-21,26-27H,1,6-10,17,22H2,2-5H3;8H,1,3-6H2,2H3;1-4H3. The van der Waals surface area contributed by atoms with E-state index in [1.54, 1.807) is 12.7 Å². The number of allylic oxidation sites excluding steroid dienone is 5. The van der Waals surface area contributed by atoms with Crippen LogP contribution in [-0.2, 0) is 17.6 Å². The summed E-state index contributed by atoms with van der Waals surface area (Å²) in [5, 5.41) is 0. The molecule has 1 heteroatoms. The van der Waals surface area contributed by atoms with E-state index in [2.05, 4.69) is 129 Å². The minimum atomic E-state index is 0.500. The molecule has 0 heterocycles. The first-order valence-electron chi connectivity index (χ1n) is 19.9. The van der Waals surface area contributed by atoms with Gasteiger partial charge in [0.15, 0.2) is 0 Å². The number of benzene rings is 3. The van der Waals surface area contributed by atoms with Crippen LogP contribution in [0.25, 0.3) is 28.3 Å². The molecule has 0 aromatic heterocycles. The van der Waals surface area contributed by atoms with E-state index in [4.69, 9.17) is 4.74 Å². The Morgan fingerprint density at radius 1 is 0.824 bits per heavy atom. The Morgan fingerprint density at radius 2 is 1.43 bits per heavy atom. The summed E-state index contributed by atoms with van der Waals surface area (Å²) in [7, 11) is 1.71. The molecular formula is C50H66O. The molecule has 1 atom stereocenters. The van der Waals surface area contributed by atoms with Gasteiger partial charge in [-0.25, -0.2) is 0 Å². The number of ether oxygens (including phenoxy) is 1. The second kappa shape index (κ2) is 16.8. The molecule has 0 saturated heterocycles. The Hall–Kier alpha value is -3.58. The summed E-state index contributed by atoms with van der Waals surface area (Å²) in [6.45, 7) is 25.8. The highest BCUT2D eigenvalue weighted by Crippen LogP contribution is 2.47. The van der Waals surface area contributed by atoms with Crippen LogP contribution in [0.2, 0.25) is 0 Å². The molecule has 7 rings (SSSR count). The van der Waals surface area contributed by atoms with Crippen LogP contribution in [0.5, 0.6) is 0 Å². The number of aryl methyl sites for hydroxylation is 2. The molecule has 51 heavy (non-hydrogen) atoms. The first kappa shape index (κ1) is 38.6. The van der Waals surface area contributed by atoms with Crippen molar-refractivity contribution in [3.63, 3.8) is 0 Å². The number of rotatable bonds is 7. The molecule has 272 valence electrons. The number of hydrogen-bond acceptors (Lipinski definition) is 1. The van der Waals surface area contributed by atoms with Crippen LogP contribution in [0, 0.1) is 31.1 Å². The molecule has 0 bridgehead atoms. The van der Waals surface area contributed by atoms with E-state index < -0.39 is 0 Å². The zero-order valence-corrected chi connectivity index (χ0v) is 33.6. The average molecular weight is 683 g/mol. The third-order valence-electron chi connectivity index (χ3n) is 11.1. The highest BCUT2D eigenvalue weighted by Gasteiger charge is 2.29. The lowest BCUT2D eigenvalue weighted by atomic mass is 9.81. The zero-order valence-electron chi connectivity index (χ0n) is 33.6. The molecule has 0 amide bonds. The van der Waals surface area contributed by atoms with E-state index in [-0.39, 0.29) is 0 Å². The maximum Gasteiger partial charge on any atom is 0.0914 e. The van der Waals surface area contributed by atoms with Crippen molar-refractivity contribution in [3.05, 3.63) is 124 Å². The lowest BCUT2D eigenvalue weighted by molar-refractivity contribution is 0.244. The van der Waals surface area contributed by atoms with Gasteiger partial charge < -0.3 is 4.74 Å². The van der Waals surface area contributed by atoms with Gasteiger partial charge in [0, 0.05) is 11.8 Å². The van der Waals surface area contributed by atoms with Gasteiger partial charge in [0.25, 0.3) is 0 Å². The minimum absolute atomic E-state index is 0.500. The van der Waals surface area contributed by atoms with E-state index >= 15 is 0 Å². The molecule has 3 aromatic rings. The van der Waals surface area contributed by atoms with Crippen molar-refractivity contribution in [3.8, 4) is 11.1 Å². The Kier molecular flexibility index (Phi) is 12.8. The number of hydrogen-bond donors (Lipinski definition) is 0. The van der Waals surface area contributed by atoms with Crippen LogP contribution in [0.4, 0.5) is 0 Å². The highest BCUT2D eigenvalue weighted by molar-refractivity contribution is 5.94. The predicted octanol–water partition coefficient (Wildman–Crippen LogP) is 14.7. The topological polar surface area (TPSA) is 9.23 Å². The summed E-state index contributed by atoms with van der Waals surface area (Å²) in [5.74, 6) is 2.93. The Labute approximate surface area is 312 Å². The third-order valence-corrected chi connectivity index (χ3v) is 11.1. The summed E-state index contributed by atoms with van der Waals surface area (Å²) >= 11 is 0. The monoisotopic (exact) mass is 683 g/mol. The molecule has 0 N–H and O–H groups in total. The largest absolute Gasteiger partial charge is 0.501 e. The molecule has 2 saturated carbocycles. The van der Waals surface area contributed by atoms with Crippen LogP contribution in [-0.4, -0.2) is 7.11 Å². The molecule has 2 fully saturated rings. The van der Waals surface area contributed by atoms with Gasteiger partial charge in [-0.2, -0.15) is 0 Å². The van der Waals surface area contributed by atoms with Gasteiger partial charge in [0.1, 0.15) is 0 Å². The fraction of sp³-hybridized carbons (Fsp3) is 0.480. The van der Waals surface area contributed by atoms with Crippen molar-refractivity contribution >= 4 is 17.2 Å². The molecule has 4 aliphatic rings. The lowest BCUT2D eigenvalue weighted by Crippen LogP contribution is -2.08. The molecule has 1 nitrogen and oxygen atoms in total. The summed E-state index contributed by atoms with van der Waals surface area (Å²) in [6.07, 6.45) is 19.2. The first-order chi connectivity index (χ1) is 24.2. The van der Waals surface area contributed by atoms with Crippen molar-refractivity contribution in [1.29, 1.82) is 0 Å². The molecule has 1 unspecified atom stereocenters. The van der Waals surface area contributed by atoms with E-state index in [1.165, 1.54) is 125 Å². The number of fused-ring (bicyclic) bond motifs is 2. The second-order valence-electron chi connectivity index (χ2n) is 17.7. The van der Waals surface area contributed by atoms with Gasteiger partial charge in [-0.3, -0.25) is 0 Å². The van der Waals surface area contributed by atoms with Gasteiger partial charge >= 0.3 is 0 Å². The van der Waals surface area contributed by atoms with E-state index in [9.17, 15) is 0 Å². The maximum absolute atomic E-state index is 5.04. The SMILES string of the molecule is C=C(C)Cc1c(C)cc2c(c1-c1ccc(C)cc1)CC(c1ccc3c(c1)C(C1CCCCC1)=CC3C)=C2.C=C(OC)C1CCCC1.CC(C)(C)C. The highest BCUT2D eigenvalue weighted by atomic mass is 16.5. The average Bonchev–Trinajstić information content (AvgIpc) is 3.85. The summed E-state index contributed by atoms with van der Waals surface area (Å²) < 4.78 is 5.04. The first-order valence-corrected chi connectivity index (χ1v) is 19.9. The third kappa shape index (κ3) is 9.85. The van der Waals surface area contributed by atoms with Crippen LogP contribution >= 0.6 is 0 Å². The van der Waals surface area contributed by atoms with E-state index in [0.29, 0.717) is 17.3 Å². The molecule has 0 aliphatic heterocycles. The summed E-state index contributed by atoms with van der Waals surface area (Å²) in [6, 6.07) is 18.9. The van der Waals surface area contributed by atoms with Crippen molar-refractivity contribution in [2.24, 2.45) is 17.3 Å². The van der Waals surface area contributed by atoms with E-state index in [1.807, 2.05) is 0 Å². The Bertz CT molecular complexity index is 1750. The Morgan fingerprint density at radius 3 is 2.04 bits per heavy atom. The molecular weight excluding hydrogens is 617 g/mol. The normalized spacial score (nSPS) is 18.4. The van der Waals surface area contributed by atoms with Gasteiger partial charge in [-0.05, 0) is 138 Å².